The fraction of sp³-hybridized carbons (Fsp3) is 0.0455. The molecule has 10 heterocycles. The number of H-pyrrole nitrogens is 4. The smallest absolute Gasteiger partial charge is 0.116 e. The van der Waals surface area contributed by atoms with Crippen LogP contribution in [0, 0.1) is 0 Å². The average Bonchev–Trinajstić information content (AvgIpc) is 1.61. The molecule has 0 atom stereocenters. The van der Waals surface area contributed by atoms with E-state index in [1.54, 1.807) is 109 Å². The number of benzene rings is 8. The van der Waals surface area contributed by atoms with Gasteiger partial charge in [0.05, 0.1) is 45.6 Å². The van der Waals surface area contributed by atoms with Crippen molar-refractivity contribution in [1.29, 1.82) is 0 Å². The van der Waals surface area contributed by atoms with Gasteiger partial charge in [-0.2, -0.15) is 0 Å². The minimum atomic E-state index is 0.126. The molecule has 16 nitrogen and oxygen atoms in total. The lowest BCUT2D eigenvalue weighted by Crippen LogP contribution is -1.93. The van der Waals surface area contributed by atoms with Crippen LogP contribution in [0.15, 0.2) is 218 Å². The van der Waals surface area contributed by atoms with Crippen molar-refractivity contribution in [3.63, 3.8) is 0 Å². The van der Waals surface area contributed by atoms with E-state index in [-0.39, 0.29) is 46.0 Å². The molecule has 4 aromatic heterocycles. The molecule has 104 heavy (non-hydrogen) atoms. The highest BCUT2D eigenvalue weighted by atomic mass is 16.3. The summed E-state index contributed by atoms with van der Waals surface area (Å²) in [5, 5.41) is 84.6. The van der Waals surface area contributed by atoms with Crippen molar-refractivity contribution in [3.05, 3.63) is 287 Å². The summed E-state index contributed by atoms with van der Waals surface area (Å²) >= 11 is 0. The van der Waals surface area contributed by atoms with Gasteiger partial charge in [-0.15, -0.1) is 0 Å². The Morgan fingerprint density at radius 2 is 0.375 bits per heavy atom. The lowest BCUT2D eigenvalue weighted by molar-refractivity contribution is 0.475. The monoisotopic (exact) mass is 1360 g/mol. The fourth-order valence-corrected chi connectivity index (χ4v) is 14.8. The number of nitrogens with zero attached hydrogens (tertiary/aromatic N) is 4. The van der Waals surface area contributed by atoms with E-state index in [4.69, 9.17) is 19.9 Å². The number of aryl methyl sites for hydroxylation is 4. The van der Waals surface area contributed by atoms with Crippen LogP contribution in [0.25, 0.3) is 160 Å². The highest BCUT2D eigenvalue weighted by molar-refractivity contribution is 5.99. The van der Waals surface area contributed by atoms with E-state index < -0.39 is 0 Å². The molecular formula is C88H64N8O8. The molecule has 0 saturated carbocycles. The first kappa shape index (κ1) is 63.3. The van der Waals surface area contributed by atoms with Crippen LogP contribution in [0.3, 0.4) is 0 Å². The van der Waals surface area contributed by atoms with Crippen LogP contribution in [0.5, 0.6) is 46.0 Å². The molecular weight excluding hydrogens is 1300 g/mol. The van der Waals surface area contributed by atoms with Crippen LogP contribution >= 0.6 is 0 Å². The summed E-state index contributed by atoms with van der Waals surface area (Å²) in [5.74, 6) is 1.14. The van der Waals surface area contributed by atoms with Gasteiger partial charge in [0.15, 0.2) is 0 Å². The number of fused-ring (bicyclic) bond motifs is 16. The number of hydrogen-bond donors (Lipinski definition) is 12. The van der Waals surface area contributed by atoms with E-state index in [1.165, 1.54) is 0 Å². The molecule has 18 rings (SSSR count). The van der Waals surface area contributed by atoms with E-state index in [2.05, 4.69) is 19.9 Å². The average molecular weight is 1360 g/mol. The molecule has 504 valence electrons. The molecule has 0 amide bonds. The largest absolute Gasteiger partial charge is 0.508 e. The Balaban J connectivity index is 0.000000154. The maximum Gasteiger partial charge on any atom is 0.116 e. The zero-order valence-corrected chi connectivity index (χ0v) is 55.6. The van der Waals surface area contributed by atoms with E-state index in [0.717, 1.165) is 134 Å². The Bertz CT molecular complexity index is 5770. The highest BCUT2D eigenvalue weighted by Gasteiger charge is 2.26. The summed E-state index contributed by atoms with van der Waals surface area (Å²) in [6.07, 6.45) is 18.4. The van der Waals surface area contributed by atoms with Crippen LogP contribution in [-0.4, -0.2) is 80.7 Å². The molecule has 12 aromatic rings. The van der Waals surface area contributed by atoms with Crippen LogP contribution in [0.2, 0.25) is 0 Å². The molecule has 0 fully saturated rings. The van der Waals surface area contributed by atoms with E-state index in [0.29, 0.717) is 71.2 Å². The van der Waals surface area contributed by atoms with Crippen LogP contribution in [-0.2, 0) is 25.7 Å². The van der Waals surface area contributed by atoms with Gasteiger partial charge in [0.2, 0.25) is 0 Å². The Labute approximate surface area is 595 Å². The molecule has 16 heteroatoms. The zero-order valence-electron chi connectivity index (χ0n) is 55.6. The number of rotatable bonds is 8. The van der Waals surface area contributed by atoms with Crippen LogP contribution < -0.4 is 0 Å². The van der Waals surface area contributed by atoms with Crippen LogP contribution in [0.4, 0.5) is 0 Å². The molecule has 6 aliphatic rings. The number of phenols is 8. The maximum absolute atomic E-state index is 10.6. The summed E-state index contributed by atoms with van der Waals surface area (Å²) in [6, 6.07) is 65.3. The maximum atomic E-state index is 10.6. The molecule has 0 unspecified atom stereocenters. The van der Waals surface area contributed by atoms with Crippen molar-refractivity contribution in [3.8, 4) is 135 Å². The molecule has 16 bridgehead atoms. The van der Waals surface area contributed by atoms with Crippen molar-refractivity contribution in [2.75, 3.05) is 0 Å². The van der Waals surface area contributed by atoms with E-state index in [1.807, 2.05) is 158 Å². The normalized spacial score (nSPS) is 12.6. The van der Waals surface area contributed by atoms with E-state index in [9.17, 15) is 40.9 Å². The standard InChI is InChI=1S/2C44H32N4O4/c2*49-29-9-1-5-25(21-29)41-33-13-15-35(45-33)42(26-6-2-10-30(50)22-26)37-17-19-39(47-37)44(28-8-4-12-32(52)24-28)40-20-18-38(48-40)43(36-16-14-34(41)46-36)27-7-3-11-31(51)23-27/h2*1-17,19,21-24,46,48-52H,18,20H2. The first-order valence-corrected chi connectivity index (χ1v) is 34.0. The third-order valence-corrected chi connectivity index (χ3v) is 19.2. The van der Waals surface area contributed by atoms with Gasteiger partial charge < -0.3 is 60.8 Å². The SMILES string of the molecule is Oc1cccc(-c2c3nc(c(-c4cccc(O)c4)c4[nH]c(c(-c5cccc(O)c5)c5ccc([nH]5)c(-c5cccc(O)c5)c5nc2C=C5)CC4)C=C3)c1.Oc1cccc(-c2c3nc(c(-c4cccc(O)c4)c4[nH]c(c(-c5cccc(O)c5)c5ccc([nH]5)c(-c5cccc(O)c5)c5nc2C=C5)CC4)C=C3)c1. The summed E-state index contributed by atoms with van der Waals surface area (Å²) in [5.41, 5.74) is 25.5. The van der Waals surface area contributed by atoms with Gasteiger partial charge in [-0.1, -0.05) is 97.1 Å². The number of aromatic nitrogens is 8. The van der Waals surface area contributed by atoms with Gasteiger partial charge in [-0.25, -0.2) is 19.9 Å². The van der Waals surface area contributed by atoms with Gasteiger partial charge in [-0.05, 0) is 240 Å². The first-order valence-electron chi connectivity index (χ1n) is 34.0. The van der Waals surface area contributed by atoms with Crippen LogP contribution in [0.1, 0.15) is 68.3 Å². The number of aromatic hydroxyl groups is 8. The van der Waals surface area contributed by atoms with Gasteiger partial charge in [0.1, 0.15) is 46.0 Å². The number of hydrogen-bond acceptors (Lipinski definition) is 12. The van der Waals surface area contributed by atoms with Crippen molar-refractivity contribution in [2.24, 2.45) is 0 Å². The van der Waals surface area contributed by atoms with Gasteiger partial charge in [0, 0.05) is 89.4 Å². The quantitative estimate of drug-likeness (QED) is 0.0677. The summed E-state index contributed by atoms with van der Waals surface area (Å²) in [6.45, 7) is 0. The van der Waals surface area contributed by atoms with E-state index >= 15 is 0 Å². The predicted octanol–water partition coefficient (Wildman–Crippen LogP) is 19.3. The highest BCUT2D eigenvalue weighted by Crippen LogP contribution is 2.44. The second-order valence-electron chi connectivity index (χ2n) is 26.0. The molecule has 8 aromatic carbocycles. The molecule has 0 saturated heterocycles. The Hall–Kier alpha value is -14.1. The Morgan fingerprint density at radius 3 is 0.615 bits per heavy atom. The Morgan fingerprint density at radius 1 is 0.192 bits per heavy atom. The summed E-state index contributed by atoms with van der Waals surface area (Å²) in [7, 11) is 0. The summed E-state index contributed by atoms with van der Waals surface area (Å²) in [4.78, 5) is 35.7. The lowest BCUT2D eigenvalue weighted by atomic mass is 9.99. The molecule has 6 aliphatic heterocycles. The van der Waals surface area contributed by atoms with Crippen molar-refractivity contribution < 1.29 is 40.9 Å². The minimum absolute atomic E-state index is 0.126. The second-order valence-corrected chi connectivity index (χ2v) is 26.0. The van der Waals surface area contributed by atoms with Gasteiger partial charge >= 0.3 is 0 Å². The third kappa shape index (κ3) is 12.1. The lowest BCUT2D eigenvalue weighted by Gasteiger charge is -2.08. The Kier molecular flexibility index (Phi) is 16.0. The topological polar surface area (TPSA) is 277 Å². The first-order chi connectivity index (χ1) is 50.7. The minimum Gasteiger partial charge on any atom is -0.508 e. The number of phenolic OH excluding ortho intramolecular Hbond substituents is 8. The predicted molar refractivity (Wildman–Crippen MR) is 412 cm³/mol. The molecule has 0 radical (unpaired) electrons. The fourth-order valence-electron chi connectivity index (χ4n) is 14.8. The zero-order chi connectivity index (χ0) is 70.7. The number of aromatic amines is 4. The van der Waals surface area contributed by atoms with Gasteiger partial charge in [0.25, 0.3) is 0 Å². The van der Waals surface area contributed by atoms with Crippen molar-refractivity contribution >= 4 is 70.7 Å². The second kappa shape index (κ2) is 26.2. The number of nitrogens with one attached hydrogen (secondary N) is 4. The molecule has 0 aliphatic carbocycles. The molecule has 12 N–H and O–H groups in total. The third-order valence-electron chi connectivity index (χ3n) is 19.2. The van der Waals surface area contributed by atoms with Crippen molar-refractivity contribution in [1.82, 2.24) is 39.9 Å². The summed E-state index contributed by atoms with van der Waals surface area (Å²) < 4.78 is 0. The van der Waals surface area contributed by atoms with Gasteiger partial charge in [-0.3, -0.25) is 0 Å². The van der Waals surface area contributed by atoms with Crippen molar-refractivity contribution in [2.45, 2.75) is 25.7 Å². The molecule has 0 spiro atoms.